The summed E-state index contributed by atoms with van der Waals surface area (Å²) in [5.74, 6) is -3.78. The zero-order valence-electron chi connectivity index (χ0n) is 13.6. The van der Waals surface area contributed by atoms with E-state index < -0.39 is 18.5 Å². The fourth-order valence-electron chi connectivity index (χ4n) is 1.67. The van der Waals surface area contributed by atoms with E-state index in [1.165, 1.54) is 0 Å². The molecule has 0 bridgehead atoms. The van der Waals surface area contributed by atoms with E-state index >= 15 is 0 Å². The number of esters is 1. The molecule has 1 aromatic carbocycles. The van der Waals surface area contributed by atoms with E-state index in [0.717, 1.165) is 17.8 Å². The highest BCUT2D eigenvalue weighted by Gasteiger charge is 2.24. The molecule has 0 fully saturated rings. The van der Waals surface area contributed by atoms with Crippen LogP contribution in [0.1, 0.15) is 35.3 Å². The van der Waals surface area contributed by atoms with Crippen LogP contribution < -0.4 is 0 Å². The molecule has 0 unspecified atom stereocenters. The highest BCUT2D eigenvalue weighted by Crippen LogP contribution is 2.24. The van der Waals surface area contributed by atoms with Crippen molar-refractivity contribution in [3.05, 3.63) is 28.8 Å². The summed E-state index contributed by atoms with van der Waals surface area (Å²) in [5.41, 5.74) is 2.43. The second-order valence-electron chi connectivity index (χ2n) is 5.42. The maximum atomic E-state index is 12.8. The Morgan fingerprint density at radius 1 is 1.36 bits per heavy atom. The Labute approximate surface area is 129 Å². The van der Waals surface area contributed by atoms with E-state index in [-0.39, 0.29) is 5.56 Å². The molecule has 6 heteroatoms. The fourth-order valence-corrected chi connectivity index (χ4v) is 1.67. The number of benzene rings is 1. The number of aryl methyl sites for hydroxylation is 2. The number of nitrogens with zero attached hydrogens (tertiary/aromatic N) is 2. The van der Waals surface area contributed by atoms with Gasteiger partial charge in [-0.3, -0.25) is 0 Å². The van der Waals surface area contributed by atoms with Crippen molar-refractivity contribution in [3.8, 4) is 0 Å². The van der Waals surface area contributed by atoms with Crippen molar-refractivity contribution in [2.75, 3.05) is 20.2 Å². The van der Waals surface area contributed by atoms with Crippen LogP contribution >= 0.6 is 0 Å². The topological polar surface area (TPSA) is 41.9 Å². The second kappa shape index (κ2) is 7.33. The highest BCUT2D eigenvalue weighted by atomic mass is 19.3. The zero-order valence-corrected chi connectivity index (χ0v) is 13.6. The van der Waals surface area contributed by atoms with E-state index in [4.69, 9.17) is 0 Å². The van der Waals surface area contributed by atoms with E-state index in [2.05, 4.69) is 9.73 Å². The first-order chi connectivity index (χ1) is 10.1. The predicted molar refractivity (Wildman–Crippen MR) is 83.3 cm³/mol. The van der Waals surface area contributed by atoms with Gasteiger partial charge in [-0.15, -0.1) is 0 Å². The molecule has 4 nitrogen and oxygen atoms in total. The lowest BCUT2D eigenvalue weighted by molar-refractivity contribution is -0.0467. The summed E-state index contributed by atoms with van der Waals surface area (Å²) in [4.78, 5) is 18.2. The Morgan fingerprint density at radius 2 is 2.00 bits per heavy atom. The molecule has 0 amide bonds. The van der Waals surface area contributed by atoms with Gasteiger partial charge in [-0.25, -0.2) is 18.6 Å². The van der Waals surface area contributed by atoms with Crippen molar-refractivity contribution in [1.29, 1.82) is 0 Å². The van der Waals surface area contributed by atoms with Gasteiger partial charge >= 0.3 is 5.97 Å². The maximum Gasteiger partial charge on any atom is 0.338 e. The van der Waals surface area contributed by atoms with Crippen LogP contribution in [0, 0.1) is 13.8 Å². The van der Waals surface area contributed by atoms with Crippen molar-refractivity contribution in [3.63, 3.8) is 0 Å². The summed E-state index contributed by atoms with van der Waals surface area (Å²) < 4.78 is 30.2. The lowest BCUT2D eigenvalue weighted by Crippen LogP contribution is -2.22. The molecule has 122 valence electrons. The normalized spacial score (nSPS) is 11.8. The highest BCUT2D eigenvalue weighted by molar-refractivity contribution is 5.92. The SMILES string of the molecule is CCN(C)/C=N/c1cc(C)c(C(=O)OCC(C)(F)F)cc1C. The molecule has 0 aliphatic rings. The Morgan fingerprint density at radius 3 is 2.55 bits per heavy atom. The van der Waals surface area contributed by atoms with E-state index in [1.807, 2.05) is 25.8 Å². The summed E-state index contributed by atoms with van der Waals surface area (Å²) in [5, 5.41) is 0. The number of carbonyl (C=O) groups excluding carboxylic acids is 1. The Balaban J connectivity index is 2.94. The van der Waals surface area contributed by atoms with Crippen LogP contribution in [0.3, 0.4) is 0 Å². The number of halogens is 2. The third-order valence-electron chi connectivity index (χ3n) is 3.11. The van der Waals surface area contributed by atoms with Crippen LogP contribution in [0.2, 0.25) is 0 Å². The summed E-state index contributed by atoms with van der Waals surface area (Å²) in [6.45, 7) is 6.15. The predicted octanol–water partition coefficient (Wildman–Crippen LogP) is 3.73. The third-order valence-corrected chi connectivity index (χ3v) is 3.11. The van der Waals surface area contributed by atoms with E-state index in [9.17, 15) is 13.6 Å². The van der Waals surface area contributed by atoms with Crippen molar-refractivity contribution >= 4 is 18.0 Å². The van der Waals surface area contributed by atoms with Crippen molar-refractivity contribution in [2.45, 2.75) is 33.6 Å². The zero-order chi connectivity index (χ0) is 16.9. The van der Waals surface area contributed by atoms with Gasteiger partial charge < -0.3 is 9.64 Å². The first kappa shape index (κ1) is 18.1. The second-order valence-corrected chi connectivity index (χ2v) is 5.42. The number of carbonyl (C=O) groups is 1. The molecule has 0 aliphatic heterocycles. The number of rotatable bonds is 6. The Hall–Kier alpha value is -1.98. The van der Waals surface area contributed by atoms with Crippen molar-refractivity contribution in [2.24, 2.45) is 4.99 Å². The van der Waals surface area contributed by atoms with Crippen LogP contribution in [0.4, 0.5) is 14.5 Å². The quantitative estimate of drug-likeness (QED) is 0.457. The van der Waals surface area contributed by atoms with Gasteiger partial charge in [0.15, 0.2) is 6.61 Å². The molecule has 0 spiro atoms. The molecule has 0 radical (unpaired) electrons. The van der Waals surface area contributed by atoms with Gasteiger partial charge in [0.1, 0.15) is 0 Å². The van der Waals surface area contributed by atoms with Gasteiger partial charge in [0.2, 0.25) is 0 Å². The molecule has 1 aromatic rings. The Bertz CT molecular complexity index is 566. The van der Waals surface area contributed by atoms with Gasteiger partial charge in [-0.1, -0.05) is 0 Å². The average molecular weight is 312 g/mol. The molecule has 0 atom stereocenters. The van der Waals surface area contributed by atoms with Crippen molar-refractivity contribution in [1.82, 2.24) is 4.90 Å². The first-order valence-electron chi connectivity index (χ1n) is 7.04. The average Bonchev–Trinajstić information content (AvgIpc) is 2.44. The standard InChI is InChI=1S/C16H22F2N2O2/c1-6-20(5)10-19-14-8-11(2)13(7-12(14)3)15(21)22-9-16(4,17)18/h7-8,10H,6,9H2,1-5H3/b19-10+. The lowest BCUT2D eigenvalue weighted by Gasteiger charge is -2.13. The van der Waals surface area contributed by atoms with Gasteiger partial charge in [0, 0.05) is 20.5 Å². The number of hydrogen-bond donors (Lipinski definition) is 0. The molecule has 0 saturated heterocycles. The largest absolute Gasteiger partial charge is 0.456 e. The molecule has 0 heterocycles. The smallest absolute Gasteiger partial charge is 0.338 e. The minimum absolute atomic E-state index is 0.282. The summed E-state index contributed by atoms with van der Waals surface area (Å²) in [6, 6.07) is 3.36. The number of ether oxygens (including phenoxy) is 1. The monoisotopic (exact) mass is 312 g/mol. The molecule has 0 N–H and O–H groups in total. The minimum Gasteiger partial charge on any atom is -0.456 e. The maximum absolute atomic E-state index is 12.8. The molecule has 0 saturated carbocycles. The van der Waals surface area contributed by atoms with Crippen LogP contribution in [-0.2, 0) is 4.74 Å². The number of alkyl halides is 2. The molecular formula is C16H22F2N2O2. The van der Waals surface area contributed by atoms with Crippen LogP contribution in [-0.4, -0.2) is 43.3 Å². The molecule has 0 aliphatic carbocycles. The van der Waals surface area contributed by atoms with Crippen molar-refractivity contribution < 1.29 is 18.3 Å². The summed E-state index contributed by atoms with van der Waals surface area (Å²) >= 11 is 0. The van der Waals surface area contributed by atoms with Crippen LogP contribution in [0.5, 0.6) is 0 Å². The third kappa shape index (κ3) is 5.42. The van der Waals surface area contributed by atoms with E-state index in [1.54, 1.807) is 25.4 Å². The molecule has 1 rings (SSSR count). The van der Waals surface area contributed by atoms with Crippen LogP contribution in [0.25, 0.3) is 0 Å². The minimum atomic E-state index is -3.03. The summed E-state index contributed by atoms with van der Waals surface area (Å²) in [6.07, 6.45) is 1.71. The Kier molecular flexibility index (Phi) is 6.02. The molecule has 0 aromatic heterocycles. The number of aliphatic imine (C=N–C) groups is 1. The number of hydrogen-bond acceptors (Lipinski definition) is 3. The van der Waals surface area contributed by atoms with Crippen LogP contribution in [0.15, 0.2) is 17.1 Å². The molecular weight excluding hydrogens is 290 g/mol. The van der Waals surface area contributed by atoms with Gasteiger partial charge in [0.25, 0.3) is 5.92 Å². The van der Waals surface area contributed by atoms with E-state index in [0.29, 0.717) is 12.5 Å². The lowest BCUT2D eigenvalue weighted by atomic mass is 10.0. The van der Waals surface area contributed by atoms with Gasteiger partial charge in [-0.2, -0.15) is 0 Å². The fraction of sp³-hybridized carbons (Fsp3) is 0.500. The molecule has 22 heavy (non-hydrogen) atoms. The van der Waals surface area contributed by atoms with Gasteiger partial charge in [0.05, 0.1) is 17.6 Å². The first-order valence-corrected chi connectivity index (χ1v) is 7.04. The summed E-state index contributed by atoms with van der Waals surface area (Å²) in [7, 11) is 1.91. The van der Waals surface area contributed by atoms with Gasteiger partial charge in [-0.05, 0) is 44.0 Å².